The SMILES string of the molecule is Cc1cc(B(O)O)c(C(F)(F)F)c(C)c1F. The van der Waals surface area contributed by atoms with Gasteiger partial charge in [0.05, 0.1) is 5.56 Å². The molecule has 1 aromatic rings. The lowest BCUT2D eigenvalue weighted by atomic mass is 9.74. The van der Waals surface area contributed by atoms with Crippen LogP contribution in [0.25, 0.3) is 0 Å². The van der Waals surface area contributed by atoms with E-state index in [9.17, 15) is 17.6 Å². The fourth-order valence-corrected chi connectivity index (χ4v) is 1.57. The third-order valence-corrected chi connectivity index (χ3v) is 2.27. The van der Waals surface area contributed by atoms with Crippen molar-refractivity contribution in [1.29, 1.82) is 0 Å². The second kappa shape index (κ2) is 4.06. The average Bonchev–Trinajstić information content (AvgIpc) is 2.10. The maximum absolute atomic E-state index is 13.3. The second-order valence-electron chi connectivity index (χ2n) is 3.47. The summed E-state index contributed by atoms with van der Waals surface area (Å²) in [7, 11) is -2.28. The van der Waals surface area contributed by atoms with Crippen LogP contribution in [0, 0.1) is 19.7 Å². The molecule has 0 aliphatic rings. The molecule has 0 atom stereocenters. The number of hydrogen-bond acceptors (Lipinski definition) is 2. The molecule has 0 saturated carbocycles. The van der Waals surface area contributed by atoms with Crippen molar-refractivity contribution in [3.63, 3.8) is 0 Å². The van der Waals surface area contributed by atoms with E-state index < -0.39 is 35.7 Å². The lowest BCUT2D eigenvalue weighted by Crippen LogP contribution is -2.37. The lowest BCUT2D eigenvalue weighted by molar-refractivity contribution is -0.137. The average molecular weight is 236 g/mol. The monoisotopic (exact) mass is 236 g/mol. The molecule has 0 aliphatic carbocycles. The van der Waals surface area contributed by atoms with Crippen LogP contribution in [0.4, 0.5) is 17.6 Å². The van der Waals surface area contributed by atoms with Gasteiger partial charge in [-0.25, -0.2) is 4.39 Å². The molecule has 0 amide bonds. The van der Waals surface area contributed by atoms with Crippen molar-refractivity contribution in [2.45, 2.75) is 20.0 Å². The smallest absolute Gasteiger partial charge is 0.423 e. The minimum absolute atomic E-state index is 0.0615. The first kappa shape index (κ1) is 13.0. The topological polar surface area (TPSA) is 40.5 Å². The van der Waals surface area contributed by atoms with Gasteiger partial charge in [-0.1, -0.05) is 6.07 Å². The van der Waals surface area contributed by atoms with E-state index in [1.807, 2.05) is 0 Å². The van der Waals surface area contributed by atoms with E-state index in [2.05, 4.69) is 0 Å². The van der Waals surface area contributed by atoms with Crippen LogP contribution in [-0.4, -0.2) is 17.2 Å². The molecule has 0 aliphatic heterocycles. The molecule has 2 N–H and O–H groups in total. The van der Waals surface area contributed by atoms with Gasteiger partial charge in [-0.05, 0) is 30.4 Å². The molecule has 1 aromatic carbocycles. The summed E-state index contributed by atoms with van der Waals surface area (Å²) in [6.07, 6.45) is -4.82. The minimum atomic E-state index is -4.82. The van der Waals surface area contributed by atoms with Gasteiger partial charge in [-0.2, -0.15) is 13.2 Å². The first-order valence-electron chi connectivity index (χ1n) is 4.39. The van der Waals surface area contributed by atoms with E-state index in [4.69, 9.17) is 10.0 Å². The maximum Gasteiger partial charge on any atom is 0.489 e. The number of aryl methyl sites for hydroxylation is 1. The molecule has 0 heterocycles. The predicted molar refractivity (Wildman–Crippen MR) is 50.7 cm³/mol. The van der Waals surface area contributed by atoms with Gasteiger partial charge in [0.25, 0.3) is 0 Å². The van der Waals surface area contributed by atoms with Crippen LogP contribution >= 0.6 is 0 Å². The maximum atomic E-state index is 13.3. The van der Waals surface area contributed by atoms with Crippen molar-refractivity contribution in [2.75, 3.05) is 0 Å². The van der Waals surface area contributed by atoms with Gasteiger partial charge in [0.15, 0.2) is 0 Å². The molecular formula is C9H9BF4O2. The number of benzene rings is 1. The summed E-state index contributed by atoms with van der Waals surface area (Å²) < 4.78 is 51.1. The highest BCUT2D eigenvalue weighted by Gasteiger charge is 2.39. The Morgan fingerprint density at radius 3 is 2.06 bits per heavy atom. The molecule has 0 radical (unpaired) electrons. The fraction of sp³-hybridized carbons (Fsp3) is 0.333. The number of alkyl halides is 3. The molecule has 2 nitrogen and oxygen atoms in total. The summed E-state index contributed by atoms with van der Waals surface area (Å²) in [6, 6.07) is 0.788. The zero-order valence-electron chi connectivity index (χ0n) is 8.56. The summed E-state index contributed by atoms with van der Waals surface area (Å²) in [6.45, 7) is 2.21. The van der Waals surface area contributed by atoms with Crippen LogP contribution in [0.2, 0.25) is 0 Å². The number of rotatable bonds is 1. The van der Waals surface area contributed by atoms with E-state index in [1.165, 1.54) is 6.92 Å². The summed E-state index contributed by atoms with van der Waals surface area (Å²) in [5.41, 5.74) is -2.75. The summed E-state index contributed by atoms with van der Waals surface area (Å²) in [5.74, 6) is -0.989. The Kier molecular flexibility index (Phi) is 3.30. The molecule has 7 heteroatoms. The molecule has 0 bridgehead atoms. The highest BCUT2D eigenvalue weighted by atomic mass is 19.4. The third-order valence-electron chi connectivity index (χ3n) is 2.27. The zero-order chi connectivity index (χ0) is 12.7. The van der Waals surface area contributed by atoms with Crippen LogP contribution in [-0.2, 0) is 6.18 Å². The van der Waals surface area contributed by atoms with Crippen molar-refractivity contribution >= 4 is 12.6 Å². The quantitative estimate of drug-likeness (QED) is 0.567. The van der Waals surface area contributed by atoms with Crippen molar-refractivity contribution in [3.8, 4) is 0 Å². The van der Waals surface area contributed by atoms with Gasteiger partial charge in [-0.15, -0.1) is 0 Å². The summed E-state index contributed by atoms with van der Waals surface area (Å²) >= 11 is 0. The molecule has 0 unspecified atom stereocenters. The molecule has 0 aromatic heterocycles. The van der Waals surface area contributed by atoms with E-state index in [0.717, 1.165) is 13.0 Å². The standard InChI is InChI=1S/C9H9BF4O2/c1-4-3-6(10(15)16)7(9(12,13)14)5(2)8(4)11/h3,15-16H,1-2H3. The van der Waals surface area contributed by atoms with Gasteiger partial charge in [-0.3, -0.25) is 0 Å². The van der Waals surface area contributed by atoms with Gasteiger partial charge in [0.1, 0.15) is 5.82 Å². The van der Waals surface area contributed by atoms with Gasteiger partial charge in [0.2, 0.25) is 0 Å². The van der Waals surface area contributed by atoms with Gasteiger partial charge in [0, 0.05) is 0 Å². The minimum Gasteiger partial charge on any atom is -0.423 e. The van der Waals surface area contributed by atoms with Crippen LogP contribution in [0.5, 0.6) is 0 Å². The van der Waals surface area contributed by atoms with E-state index in [0.29, 0.717) is 0 Å². The molecule has 0 saturated heterocycles. The molecule has 0 spiro atoms. The molecule has 0 fully saturated rings. The van der Waals surface area contributed by atoms with E-state index >= 15 is 0 Å². The highest BCUT2D eigenvalue weighted by Crippen LogP contribution is 2.32. The summed E-state index contributed by atoms with van der Waals surface area (Å²) in [5, 5.41) is 17.7. The lowest BCUT2D eigenvalue weighted by Gasteiger charge is -2.17. The van der Waals surface area contributed by atoms with Crippen LogP contribution < -0.4 is 5.46 Å². The first-order chi connectivity index (χ1) is 7.16. The van der Waals surface area contributed by atoms with Crippen LogP contribution in [0.1, 0.15) is 16.7 Å². The second-order valence-corrected chi connectivity index (χ2v) is 3.47. The molecular weight excluding hydrogens is 227 g/mol. The number of hydrogen-bond donors (Lipinski definition) is 2. The number of halogens is 4. The Morgan fingerprint density at radius 2 is 1.69 bits per heavy atom. The van der Waals surface area contributed by atoms with E-state index in [-0.39, 0.29) is 5.56 Å². The fourth-order valence-electron chi connectivity index (χ4n) is 1.57. The normalized spacial score (nSPS) is 11.8. The zero-order valence-corrected chi connectivity index (χ0v) is 8.56. The van der Waals surface area contributed by atoms with Crippen LogP contribution in [0.15, 0.2) is 6.07 Å². The first-order valence-corrected chi connectivity index (χ1v) is 4.39. The van der Waals surface area contributed by atoms with Crippen LogP contribution in [0.3, 0.4) is 0 Å². The molecule has 16 heavy (non-hydrogen) atoms. The van der Waals surface area contributed by atoms with Crippen molar-refractivity contribution in [1.82, 2.24) is 0 Å². The highest BCUT2D eigenvalue weighted by molar-refractivity contribution is 6.59. The Hall–Kier alpha value is -1.08. The molecule has 88 valence electrons. The largest absolute Gasteiger partial charge is 0.489 e. The Labute approximate surface area is 89.7 Å². The Balaban J connectivity index is 3.62. The summed E-state index contributed by atoms with van der Waals surface area (Å²) in [4.78, 5) is 0. The predicted octanol–water partition coefficient (Wildman–Crippen LogP) is 1.14. The van der Waals surface area contributed by atoms with Crippen molar-refractivity contribution < 1.29 is 27.6 Å². The van der Waals surface area contributed by atoms with E-state index in [1.54, 1.807) is 0 Å². The van der Waals surface area contributed by atoms with Gasteiger partial charge < -0.3 is 10.0 Å². The Morgan fingerprint density at radius 1 is 1.19 bits per heavy atom. The van der Waals surface area contributed by atoms with Crippen molar-refractivity contribution in [3.05, 3.63) is 28.6 Å². The third kappa shape index (κ3) is 2.20. The van der Waals surface area contributed by atoms with Gasteiger partial charge >= 0.3 is 13.3 Å². The molecule has 1 rings (SSSR count). The Bertz CT molecular complexity index is 415. The van der Waals surface area contributed by atoms with Crippen molar-refractivity contribution in [2.24, 2.45) is 0 Å².